The van der Waals surface area contributed by atoms with Gasteiger partial charge < -0.3 is 14.8 Å². The molecule has 5 nitrogen and oxygen atoms in total. The van der Waals surface area contributed by atoms with E-state index in [1.54, 1.807) is 7.11 Å². The second kappa shape index (κ2) is 4.12. The summed E-state index contributed by atoms with van der Waals surface area (Å²) in [5.74, 6) is -0.985. The Morgan fingerprint density at radius 3 is 2.89 bits per heavy atom. The van der Waals surface area contributed by atoms with Crippen LogP contribution >= 0.6 is 0 Å². The topological polar surface area (TPSA) is 79.4 Å². The summed E-state index contributed by atoms with van der Waals surface area (Å²) in [6, 6.07) is 5.46. The maximum Gasteiger partial charge on any atom is 0.307 e. The maximum absolute atomic E-state index is 12.2. The van der Waals surface area contributed by atoms with Gasteiger partial charge in [-0.2, -0.15) is 0 Å². The number of carboxylic acid groups (broad SMARTS) is 1. The van der Waals surface area contributed by atoms with E-state index < -0.39 is 11.9 Å². The number of Topliss-reactive ketones (excluding diaryl/α,β-unsaturated/α-hetero) is 1. The van der Waals surface area contributed by atoms with E-state index >= 15 is 0 Å². The SMILES string of the molecule is COc1ccc2[nH]c3c(c2c1)C(=O)CC(C(=O)O)C3. The molecule has 1 aliphatic carbocycles. The normalized spacial score (nSPS) is 18.4. The van der Waals surface area contributed by atoms with Gasteiger partial charge in [0.05, 0.1) is 13.0 Å². The van der Waals surface area contributed by atoms with E-state index in [-0.39, 0.29) is 12.2 Å². The minimum absolute atomic E-state index is 0.0620. The molecule has 0 radical (unpaired) electrons. The van der Waals surface area contributed by atoms with Gasteiger partial charge >= 0.3 is 5.97 Å². The van der Waals surface area contributed by atoms with Gasteiger partial charge in [-0.1, -0.05) is 0 Å². The first-order valence-electron chi connectivity index (χ1n) is 6.04. The quantitative estimate of drug-likeness (QED) is 0.864. The number of benzene rings is 1. The molecule has 1 aromatic carbocycles. The number of fused-ring (bicyclic) bond motifs is 3. The van der Waals surface area contributed by atoms with Crippen LogP contribution in [0.2, 0.25) is 0 Å². The fraction of sp³-hybridized carbons (Fsp3) is 0.286. The molecular weight excluding hydrogens is 246 g/mol. The molecule has 0 bridgehead atoms. The highest BCUT2D eigenvalue weighted by Crippen LogP contribution is 2.33. The third-order valence-corrected chi connectivity index (χ3v) is 3.59. The van der Waals surface area contributed by atoms with Gasteiger partial charge in [-0.3, -0.25) is 9.59 Å². The van der Waals surface area contributed by atoms with E-state index in [0.29, 0.717) is 23.4 Å². The molecule has 1 unspecified atom stereocenters. The number of hydrogen-bond donors (Lipinski definition) is 2. The molecule has 0 fully saturated rings. The molecule has 2 N–H and O–H groups in total. The fourth-order valence-corrected chi connectivity index (χ4v) is 2.64. The van der Waals surface area contributed by atoms with Crippen molar-refractivity contribution in [3.05, 3.63) is 29.5 Å². The van der Waals surface area contributed by atoms with Crippen LogP contribution in [0.5, 0.6) is 5.75 Å². The van der Waals surface area contributed by atoms with Crippen molar-refractivity contribution < 1.29 is 19.4 Å². The van der Waals surface area contributed by atoms with Gasteiger partial charge in [-0.05, 0) is 18.2 Å². The Bertz CT molecular complexity index is 686. The molecule has 2 aromatic rings. The lowest BCUT2D eigenvalue weighted by Gasteiger charge is -2.17. The summed E-state index contributed by atoms with van der Waals surface area (Å²) in [6.07, 6.45) is 0.430. The van der Waals surface area contributed by atoms with Crippen molar-refractivity contribution in [2.45, 2.75) is 12.8 Å². The minimum atomic E-state index is -0.921. The highest BCUT2D eigenvalue weighted by Gasteiger charge is 2.32. The molecular formula is C14H13NO4. The first-order chi connectivity index (χ1) is 9.10. The number of nitrogens with one attached hydrogen (secondary N) is 1. The van der Waals surface area contributed by atoms with Crippen LogP contribution in [0, 0.1) is 5.92 Å². The third kappa shape index (κ3) is 1.78. The number of carboxylic acids is 1. The maximum atomic E-state index is 12.2. The fourth-order valence-electron chi connectivity index (χ4n) is 2.64. The number of aromatic amines is 1. The average Bonchev–Trinajstić information content (AvgIpc) is 2.76. The Morgan fingerprint density at radius 2 is 2.21 bits per heavy atom. The first-order valence-corrected chi connectivity index (χ1v) is 6.04. The monoisotopic (exact) mass is 259 g/mol. The van der Waals surface area contributed by atoms with Crippen LogP contribution in [0.15, 0.2) is 18.2 Å². The van der Waals surface area contributed by atoms with E-state index in [1.165, 1.54) is 0 Å². The van der Waals surface area contributed by atoms with Crippen molar-refractivity contribution in [1.82, 2.24) is 4.98 Å². The summed E-state index contributed by atoms with van der Waals surface area (Å²) < 4.78 is 5.16. The summed E-state index contributed by atoms with van der Waals surface area (Å²) in [6.45, 7) is 0. The summed E-state index contributed by atoms with van der Waals surface area (Å²) in [5.41, 5.74) is 2.17. The lowest BCUT2D eigenvalue weighted by atomic mass is 9.86. The Labute approximate surface area is 109 Å². The molecule has 98 valence electrons. The number of methoxy groups -OCH3 is 1. The standard InChI is InChI=1S/C14H13NO4/c1-19-8-2-3-10-9(6-8)13-11(15-10)4-7(14(17)18)5-12(13)16/h2-3,6-7,15H,4-5H2,1H3,(H,17,18). The molecule has 19 heavy (non-hydrogen) atoms. The summed E-state index contributed by atoms with van der Waals surface area (Å²) in [4.78, 5) is 26.3. The van der Waals surface area contributed by atoms with Gasteiger partial charge in [-0.15, -0.1) is 0 Å². The van der Waals surface area contributed by atoms with E-state index in [9.17, 15) is 9.59 Å². The largest absolute Gasteiger partial charge is 0.497 e. The minimum Gasteiger partial charge on any atom is -0.497 e. The van der Waals surface area contributed by atoms with E-state index in [1.807, 2.05) is 18.2 Å². The number of hydrogen-bond acceptors (Lipinski definition) is 3. The predicted octanol–water partition coefficient (Wildman–Crippen LogP) is 2.01. The van der Waals surface area contributed by atoms with Gasteiger partial charge in [0.1, 0.15) is 5.75 Å². The highest BCUT2D eigenvalue weighted by atomic mass is 16.5. The van der Waals surface area contributed by atoms with Gasteiger partial charge in [0.25, 0.3) is 0 Å². The Hall–Kier alpha value is -2.30. The lowest BCUT2D eigenvalue weighted by Crippen LogP contribution is -2.25. The molecule has 5 heteroatoms. The van der Waals surface area contributed by atoms with Crippen LogP contribution < -0.4 is 4.74 Å². The van der Waals surface area contributed by atoms with Crippen LogP contribution in [0.1, 0.15) is 22.5 Å². The van der Waals surface area contributed by atoms with Gasteiger partial charge in [0.2, 0.25) is 0 Å². The summed E-state index contributed by atoms with van der Waals surface area (Å²) >= 11 is 0. The second-order valence-electron chi connectivity index (χ2n) is 4.76. The first kappa shape index (κ1) is 11.8. The number of aromatic nitrogens is 1. The smallest absolute Gasteiger partial charge is 0.307 e. The van der Waals surface area contributed by atoms with Crippen molar-refractivity contribution in [2.24, 2.45) is 5.92 Å². The van der Waals surface area contributed by atoms with Gasteiger partial charge in [-0.25, -0.2) is 0 Å². The van der Waals surface area contributed by atoms with Crippen molar-refractivity contribution in [2.75, 3.05) is 7.11 Å². The van der Waals surface area contributed by atoms with E-state index in [0.717, 1.165) is 10.9 Å². The number of carbonyl (C=O) groups is 2. The Balaban J connectivity index is 2.16. The average molecular weight is 259 g/mol. The Morgan fingerprint density at radius 1 is 1.42 bits per heavy atom. The molecule has 1 atom stereocenters. The molecule has 0 saturated carbocycles. The second-order valence-corrected chi connectivity index (χ2v) is 4.76. The van der Waals surface area contributed by atoms with Crippen LogP contribution in [0.3, 0.4) is 0 Å². The van der Waals surface area contributed by atoms with E-state index in [4.69, 9.17) is 9.84 Å². The number of ether oxygens (including phenoxy) is 1. The zero-order valence-corrected chi connectivity index (χ0v) is 10.4. The lowest BCUT2D eigenvalue weighted by molar-refractivity contribution is -0.141. The van der Waals surface area contributed by atoms with Crippen molar-refractivity contribution in [3.63, 3.8) is 0 Å². The van der Waals surface area contributed by atoms with Crippen LogP contribution in [0.4, 0.5) is 0 Å². The number of H-pyrrole nitrogens is 1. The molecule has 3 rings (SSSR count). The van der Waals surface area contributed by atoms with Gasteiger partial charge in [0.15, 0.2) is 5.78 Å². The van der Waals surface area contributed by atoms with Crippen LogP contribution in [0.25, 0.3) is 10.9 Å². The van der Waals surface area contributed by atoms with Crippen LogP contribution in [-0.4, -0.2) is 29.0 Å². The van der Waals surface area contributed by atoms with Crippen molar-refractivity contribution in [3.8, 4) is 5.75 Å². The molecule has 1 aromatic heterocycles. The van der Waals surface area contributed by atoms with E-state index in [2.05, 4.69) is 4.98 Å². The number of aliphatic carboxylic acids is 1. The third-order valence-electron chi connectivity index (χ3n) is 3.59. The zero-order chi connectivity index (χ0) is 13.6. The molecule has 0 aliphatic heterocycles. The molecule has 0 amide bonds. The number of carbonyl (C=O) groups excluding carboxylic acids is 1. The highest BCUT2D eigenvalue weighted by molar-refractivity contribution is 6.11. The zero-order valence-electron chi connectivity index (χ0n) is 10.4. The molecule has 1 heterocycles. The Kier molecular flexibility index (Phi) is 2.55. The molecule has 0 spiro atoms. The van der Waals surface area contributed by atoms with Crippen molar-refractivity contribution in [1.29, 1.82) is 0 Å². The van der Waals surface area contributed by atoms with Crippen molar-refractivity contribution >= 4 is 22.7 Å². The van der Waals surface area contributed by atoms with Crippen LogP contribution in [-0.2, 0) is 11.2 Å². The number of ketones is 1. The predicted molar refractivity (Wildman–Crippen MR) is 68.6 cm³/mol. The molecule has 0 saturated heterocycles. The summed E-state index contributed by atoms with van der Waals surface area (Å²) in [7, 11) is 1.57. The van der Waals surface area contributed by atoms with Gasteiger partial charge in [0, 0.05) is 35.0 Å². The molecule has 1 aliphatic rings. The summed E-state index contributed by atoms with van der Waals surface area (Å²) in [5, 5.41) is 9.86. The number of rotatable bonds is 2.